The molecular weight excluding hydrogens is 444 g/mol. The number of nitrogens with zero attached hydrogens (tertiary/aromatic N) is 3. The van der Waals surface area contributed by atoms with Crippen LogP contribution in [0.4, 0.5) is 23.0 Å². The highest BCUT2D eigenvalue weighted by atomic mass is 16.6. The largest absolute Gasteiger partial charge is 0.355 e. The number of hydrogen-bond acceptors (Lipinski definition) is 7. The summed E-state index contributed by atoms with van der Waals surface area (Å²) in [6.45, 7) is 3.93. The van der Waals surface area contributed by atoms with Crippen LogP contribution in [0, 0.1) is 24.0 Å². The van der Waals surface area contributed by atoms with Gasteiger partial charge in [-0.25, -0.2) is 9.97 Å². The number of hydrogen-bond donors (Lipinski definition) is 3. The average Bonchev–Trinajstić information content (AvgIpc) is 2.86. The summed E-state index contributed by atoms with van der Waals surface area (Å²) in [6, 6.07) is 24.2. The van der Waals surface area contributed by atoms with E-state index in [1.54, 1.807) is 0 Å². The van der Waals surface area contributed by atoms with Gasteiger partial charge in [0.05, 0.1) is 10.8 Å². The van der Waals surface area contributed by atoms with E-state index in [0.29, 0.717) is 5.69 Å². The molecule has 0 saturated heterocycles. The highest BCUT2D eigenvalue weighted by Crippen LogP contribution is 2.31. The Labute approximate surface area is 202 Å². The number of amides is 1. The number of benzene rings is 3. The van der Waals surface area contributed by atoms with E-state index in [0.717, 1.165) is 22.3 Å². The SMILES string of the molecule is Cc1ccc(Nc2ncnc(NNC(=O)C(c3ccccc3)c3ccccc3)c2[N+](=O)[O-])cc1C. The molecule has 3 aromatic carbocycles. The van der Waals surface area contributed by atoms with Crippen LogP contribution in [0.25, 0.3) is 0 Å². The Morgan fingerprint density at radius 3 is 2.03 bits per heavy atom. The molecule has 0 aliphatic rings. The maximum absolute atomic E-state index is 13.2. The maximum atomic E-state index is 13.2. The Morgan fingerprint density at radius 1 is 0.857 bits per heavy atom. The van der Waals surface area contributed by atoms with Crippen LogP contribution in [0.3, 0.4) is 0 Å². The van der Waals surface area contributed by atoms with E-state index in [4.69, 9.17) is 0 Å². The van der Waals surface area contributed by atoms with Crippen LogP contribution in [-0.2, 0) is 4.79 Å². The van der Waals surface area contributed by atoms with E-state index in [2.05, 4.69) is 26.1 Å². The van der Waals surface area contributed by atoms with Crippen LogP contribution in [0.1, 0.15) is 28.2 Å². The van der Waals surface area contributed by atoms with Crippen LogP contribution >= 0.6 is 0 Å². The summed E-state index contributed by atoms with van der Waals surface area (Å²) in [4.78, 5) is 32.6. The molecule has 9 heteroatoms. The molecule has 0 fully saturated rings. The van der Waals surface area contributed by atoms with Crippen molar-refractivity contribution in [1.29, 1.82) is 0 Å². The number of nitro groups is 1. The number of nitrogens with one attached hydrogen (secondary N) is 3. The van der Waals surface area contributed by atoms with Gasteiger partial charge in [-0.3, -0.25) is 25.8 Å². The first-order valence-electron chi connectivity index (χ1n) is 10.9. The average molecular weight is 469 g/mol. The first-order chi connectivity index (χ1) is 16.9. The van der Waals surface area contributed by atoms with Crippen molar-refractivity contribution in [3.05, 3.63) is 118 Å². The van der Waals surface area contributed by atoms with Gasteiger partial charge in [0.1, 0.15) is 6.33 Å². The van der Waals surface area contributed by atoms with E-state index in [1.165, 1.54) is 6.33 Å². The van der Waals surface area contributed by atoms with Crippen LogP contribution in [0.5, 0.6) is 0 Å². The zero-order chi connectivity index (χ0) is 24.8. The van der Waals surface area contributed by atoms with Gasteiger partial charge in [-0.15, -0.1) is 0 Å². The Hall–Kier alpha value is -4.79. The van der Waals surface area contributed by atoms with Crippen molar-refractivity contribution in [2.45, 2.75) is 19.8 Å². The Bertz CT molecular complexity index is 1310. The molecule has 0 radical (unpaired) electrons. The zero-order valence-electron chi connectivity index (χ0n) is 19.2. The van der Waals surface area contributed by atoms with Crippen molar-refractivity contribution in [2.75, 3.05) is 10.7 Å². The number of hydrazine groups is 1. The lowest BCUT2D eigenvalue weighted by Crippen LogP contribution is -2.35. The van der Waals surface area contributed by atoms with Gasteiger partial charge in [0.25, 0.3) is 0 Å². The topological polar surface area (TPSA) is 122 Å². The molecule has 176 valence electrons. The van der Waals surface area contributed by atoms with Gasteiger partial charge in [-0.05, 0) is 48.2 Å². The molecule has 0 spiro atoms. The molecule has 1 heterocycles. The number of rotatable bonds is 8. The monoisotopic (exact) mass is 468 g/mol. The van der Waals surface area contributed by atoms with Crippen molar-refractivity contribution in [1.82, 2.24) is 15.4 Å². The van der Waals surface area contributed by atoms with E-state index >= 15 is 0 Å². The summed E-state index contributed by atoms with van der Waals surface area (Å²) < 4.78 is 0. The molecule has 9 nitrogen and oxygen atoms in total. The van der Waals surface area contributed by atoms with Gasteiger partial charge in [0, 0.05) is 5.69 Å². The zero-order valence-corrected chi connectivity index (χ0v) is 19.2. The van der Waals surface area contributed by atoms with Gasteiger partial charge >= 0.3 is 5.69 Å². The smallest absolute Gasteiger partial charge is 0.334 e. The lowest BCUT2D eigenvalue weighted by Gasteiger charge is -2.18. The quantitative estimate of drug-likeness (QED) is 0.245. The van der Waals surface area contributed by atoms with Gasteiger partial charge < -0.3 is 5.32 Å². The summed E-state index contributed by atoms with van der Waals surface area (Å²) in [5.41, 5.74) is 9.18. The third kappa shape index (κ3) is 5.41. The molecule has 0 aliphatic carbocycles. The first kappa shape index (κ1) is 23.4. The summed E-state index contributed by atoms with van der Waals surface area (Å²) in [5, 5.41) is 14.9. The lowest BCUT2D eigenvalue weighted by molar-refractivity contribution is -0.383. The van der Waals surface area contributed by atoms with E-state index in [9.17, 15) is 14.9 Å². The molecule has 0 saturated carbocycles. The second-order valence-electron chi connectivity index (χ2n) is 7.97. The highest BCUT2D eigenvalue weighted by molar-refractivity contribution is 5.88. The third-order valence-electron chi connectivity index (χ3n) is 5.61. The molecule has 0 aliphatic heterocycles. The minimum absolute atomic E-state index is 0.00710. The van der Waals surface area contributed by atoms with Crippen molar-refractivity contribution in [2.24, 2.45) is 0 Å². The predicted octanol–water partition coefficient (Wildman–Crippen LogP) is 5.02. The van der Waals surface area contributed by atoms with Crippen molar-refractivity contribution < 1.29 is 9.72 Å². The summed E-state index contributed by atoms with van der Waals surface area (Å²) in [5.74, 6) is -1.14. The molecule has 4 rings (SSSR count). The first-order valence-corrected chi connectivity index (χ1v) is 10.9. The van der Waals surface area contributed by atoms with Crippen molar-refractivity contribution >= 4 is 28.9 Å². The van der Waals surface area contributed by atoms with E-state index < -0.39 is 10.8 Å². The van der Waals surface area contributed by atoms with E-state index in [1.807, 2.05) is 92.7 Å². The van der Waals surface area contributed by atoms with Gasteiger partial charge in [-0.2, -0.15) is 0 Å². The fraction of sp³-hybridized carbons (Fsp3) is 0.115. The Balaban J connectivity index is 1.59. The highest BCUT2D eigenvalue weighted by Gasteiger charge is 2.26. The van der Waals surface area contributed by atoms with E-state index in [-0.39, 0.29) is 23.2 Å². The molecule has 1 aromatic heterocycles. The molecule has 3 N–H and O–H groups in total. The number of anilines is 3. The van der Waals surface area contributed by atoms with Crippen LogP contribution in [0.2, 0.25) is 0 Å². The predicted molar refractivity (Wildman–Crippen MR) is 134 cm³/mol. The fourth-order valence-electron chi connectivity index (χ4n) is 3.67. The fourth-order valence-corrected chi connectivity index (χ4v) is 3.67. The number of carbonyl (C=O) groups excluding carboxylic acids is 1. The van der Waals surface area contributed by atoms with Crippen LogP contribution in [-0.4, -0.2) is 20.8 Å². The van der Waals surface area contributed by atoms with Crippen molar-refractivity contribution in [3.63, 3.8) is 0 Å². The summed E-state index contributed by atoms with van der Waals surface area (Å²) in [6.07, 6.45) is 1.19. The molecule has 0 unspecified atom stereocenters. The lowest BCUT2D eigenvalue weighted by atomic mass is 9.91. The van der Waals surface area contributed by atoms with Crippen molar-refractivity contribution in [3.8, 4) is 0 Å². The molecule has 1 amide bonds. The summed E-state index contributed by atoms with van der Waals surface area (Å²) >= 11 is 0. The minimum atomic E-state index is -0.626. The van der Waals surface area contributed by atoms with Crippen LogP contribution < -0.4 is 16.2 Å². The van der Waals surface area contributed by atoms with Gasteiger partial charge in [0.2, 0.25) is 17.5 Å². The van der Waals surface area contributed by atoms with Gasteiger partial charge in [0.15, 0.2) is 0 Å². The number of carbonyl (C=O) groups is 1. The Morgan fingerprint density at radius 2 is 1.46 bits per heavy atom. The number of aryl methyl sites for hydroxylation is 2. The molecule has 0 atom stereocenters. The second-order valence-corrected chi connectivity index (χ2v) is 7.97. The van der Waals surface area contributed by atoms with Gasteiger partial charge in [-0.1, -0.05) is 66.7 Å². The second kappa shape index (κ2) is 10.4. The number of aromatic nitrogens is 2. The standard InChI is InChI=1S/C26H24N6O3/c1-17-13-14-21(15-18(17)2)29-24-23(32(34)35)25(28-16-27-24)30-31-26(33)22(19-9-5-3-6-10-19)20-11-7-4-8-12-20/h3-16,22H,1-2H3,(H,31,33)(H2,27,28,29,30). The molecule has 4 aromatic rings. The molecule has 35 heavy (non-hydrogen) atoms. The van der Waals surface area contributed by atoms with Crippen LogP contribution in [0.15, 0.2) is 85.2 Å². The molecular formula is C26H24N6O3. The molecule has 0 bridgehead atoms. The normalized spacial score (nSPS) is 10.6. The maximum Gasteiger partial charge on any atom is 0.355 e. The summed E-state index contributed by atoms with van der Waals surface area (Å²) in [7, 11) is 0. The third-order valence-corrected chi connectivity index (χ3v) is 5.61. The Kier molecular flexibility index (Phi) is 6.96. The minimum Gasteiger partial charge on any atom is -0.334 e.